The van der Waals surface area contributed by atoms with Crippen LogP contribution in [-0.4, -0.2) is 23.5 Å². The molecule has 0 aromatic rings. The molecule has 0 rings (SSSR count). The van der Waals surface area contributed by atoms with Crippen molar-refractivity contribution in [1.82, 2.24) is 0 Å². The molecule has 0 aromatic carbocycles. The van der Waals surface area contributed by atoms with Gasteiger partial charge in [-0.2, -0.15) is 0 Å². The first-order valence-electron chi connectivity index (χ1n) is 7.43. The van der Waals surface area contributed by atoms with Crippen molar-refractivity contribution in [2.24, 2.45) is 11.8 Å². The minimum atomic E-state index is -2.00. The van der Waals surface area contributed by atoms with Crippen LogP contribution in [-0.2, 0) is 44.9 Å². The van der Waals surface area contributed by atoms with E-state index in [1.54, 1.807) is 13.8 Å². The van der Waals surface area contributed by atoms with Gasteiger partial charge in [-0.05, 0) is 26.7 Å². The third-order valence-electron chi connectivity index (χ3n) is 2.37. The molecule has 0 bridgehead atoms. The van der Waals surface area contributed by atoms with Gasteiger partial charge in [-0.1, -0.05) is 34.1 Å². The maximum atomic E-state index is 10.4. The minimum absolute atomic E-state index is 0.317. The Morgan fingerprint density at radius 3 is 0.917 bits per heavy atom. The van der Waals surface area contributed by atoms with Gasteiger partial charge >= 0.3 is 25.7 Å². The Kier molecular flexibility index (Phi) is 27.4. The van der Waals surface area contributed by atoms with Gasteiger partial charge in [0.1, 0.15) is 11.6 Å². The van der Waals surface area contributed by atoms with Crippen molar-refractivity contribution < 1.29 is 55.1 Å². The number of carbonyl (C=O) groups excluding carboxylic acids is 4. The molecule has 0 aliphatic rings. The summed E-state index contributed by atoms with van der Waals surface area (Å²) in [5, 5.41) is 20.1. The van der Waals surface area contributed by atoms with Crippen molar-refractivity contribution in [3.8, 4) is 0 Å². The van der Waals surface area contributed by atoms with E-state index in [1.807, 2.05) is 0 Å². The number of carbonyl (C=O) groups is 4. The van der Waals surface area contributed by atoms with Gasteiger partial charge in [-0.3, -0.25) is 9.59 Å². The van der Waals surface area contributed by atoms with Crippen LogP contribution in [0.4, 0.5) is 0 Å². The average molecular weight is 382 g/mol. The van der Waals surface area contributed by atoms with E-state index in [2.05, 4.69) is 13.8 Å². The Hall–Kier alpha value is -1.41. The molecular formula is C15H26O8Ti. The number of Topliss-reactive ketones (excluding diaryl/α,β-unsaturated/α-hetero) is 2. The molecule has 0 radical (unpaired) electrons. The molecule has 0 aliphatic heterocycles. The number of carboxylic acid groups (broad SMARTS) is 2. The predicted octanol–water partition coefficient (Wildman–Crippen LogP) is -0.121. The third-order valence-corrected chi connectivity index (χ3v) is 2.37. The topological polar surface area (TPSA) is 149 Å². The summed E-state index contributed by atoms with van der Waals surface area (Å²) in [6, 6.07) is 0. The summed E-state index contributed by atoms with van der Waals surface area (Å²) in [5.74, 6) is -5.04. The molecule has 0 N–H and O–H groups in total. The van der Waals surface area contributed by atoms with E-state index in [4.69, 9.17) is 6.65 Å². The fraction of sp³-hybridized carbons (Fsp3) is 0.733. The SMILES string of the molecule is CCC.CCC(C(C)=O)C(=O)[O-].CCC(C(C)=O)C(=O)[O-].[O]=[Ti+2]=[O]. The van der Waals surface area contributed by atoms with E-state index < -0.39 is 42.9 Å². The molecule has 8 nitrogen and oxygen atoms in total. The molecule has 24 heavy (non-hydrogen) atoms. The van der Waals surface area contributed by atoms with Gasteiger partial charge in [0.2, 0.25) is 0 Å². The second-order valence-corrected chi connectivity index (χ2v) is 4.83. The van der Waals surface area contributed by atoms with Crippen LogP contribution < -0.4 is 10.2 Å². The molecule has 0 saturated carbocycles. The summed E-state index contributed by atoms with van der Waals surface area (Å²) in [6.07, 6.45) is 1.88. The van der Waals surface area contributed by atoms with Crippen LogP contribution in [0.1, 0.15) is 60.8 Å². The Morgan fingerprint density at radius 2 is 0.917 bits per heavy atom. The molecule has 0 aliphatic carbocycles. The van der Waals surface area contributed by atoms with Crippen LogP contribution in [0.15, 0.2) is 0 Å². The van der Waals surface area contributed by atoms with Crippen LogP contribution in [0.5, 0.6) is 0 Å². The predicted molar refractivity (Wildman–Crippen MR) is 76.3 cm³/mol. The molecule has 138 valence electrons. The van der Waals surface area contributed by atoms with Crippen LogP contribution >= 0.6 is 0 Å². The maximum absolute atomic E-state index is 10.4. The van der Waals surface area contributed by atoms with Crippen LogP contribution in [0, 0.1) is 11.8 Å². The molecule has 0 amide bonds. The number of aliphatic carboxylic acids is 2. The van der Waals surface area contributed by atoms with Gasteiger partial charge in [-0.25, -0.2) is 0 Å². The molecule has 0 saturated heterocycles. The zero-order chi connectivity index (χ0) is 20.3. The van der Waals surface area contributed by atoms with Crippen molar-refractivity contribution in [3.05, 3.63) is 0 Å². The normalized spacial score (nSPS) is 11.1. The monoisotopic (exact) mass is 382 g/mol. The van der Waals surface area contributed by atoms with Gasteiger partial charge in [0.25, 0.3) is 0 Å². The summed E-state index contributed by atoms with van der Waals surface area (Å²) in [4.78, 5) is 40.9. The first-order valence-corrected chi connectivity index (χ1v) is 8.71. The van der Waals surface area contributed by atoms with Crippen molar-refractivity contribution >= 4 is 23.5 Å². The summed E-state index contributed by atoms with van der Waals surface area (Å²) in [6.45, 7) is 10.0. The third kappa shape index (κ3) is 22.9. The fourth-order valence-electron chi connectivity index (χ4n) is 1.24. The van der Waals surface area contributed by atoms with E-state index >= 15 is 0 Å². The first kappa shape index (κ1) is 30.5. The number of carboxylic acids is 2. The van der Waals surface area contributed by atoms with E-state index in [-0.39, 0.29) is 11.6 Å². The average Bonchev–Trinajstić information content (AvgIpc) is 2.40. The van der Waals surface area contributed by atoms with Crippen LogP contribution in [0.2, 0.25) is 0 Å². The van der Waals surface area contributed by atoms with Crippen molar-refractivity contribution in [3.63, 3.8) is 0 Å². The van der Waals surface area contributed by atoms with Crippen molar-refractivity contribution in [1.29, 1.82) is 0 Å². The zero-order valence-corrected chi connectivity index (χ0v) is 16.6. The Balaban J connectivity index is -0.000000126. The molecule has 0 fully saturated rings. The quantitative estimate of drug-likeness (QED) is 0.456. The molecular weight excluding hydrogens is 356 g/mol. The van der Waals surface area contributed by atoms with Gasteiger partial charge in [0.05, 0.1) is 23.8 Å². The number of ketones is 2. The fourth-order valence-corrected chi connectivity index (χ4v) is 1.24. The summed E-state index contributed by atoms with van der Waals surface area (Å²) < 4.78 is 17.0. The molecule has 9 heteroatoms. The van der Waals surface area contributed by atoms with Crippen molar-refractivity contribution in [2.45, 2.75) is 60.8 Å². The molecule has 0 spiro atoms. The standard InChI is InChI=1S/2C6H10O3.C3H8.2O.Ti/c2*1-3-5(4(2)7)6(8)9;1-3-2;;;/h2*5H,3H2,1-2H3,(H,8,9);3H2,1-2H3;;;/q;;;;;+2/p-2. The summed E-state index contributed by atoms with van der Waals surface area (Å²) in [5.41, 5.74) is 0. The molecule has 0 heterocycles. The van der Waals surface area contributed by atoms with Gasteiger partial charge in [-0.15, -0.1) is 0 Å². The zero-order valence-electron chi connectivity index (χ0n) is 15.0. The van der Waals surface area contributed by atoms with Gasteiger partial charge in [0, 0.05) is 0 Å². The van der Waals surface area contributed by atoms with E-state index in [0.29, 0.717) is 12.8 Å². The summed E-state index contributed by atoms with van der Waals surface area (Å²) >= 11 is -2.00. The second kappa shape index (κ2) is 21.6. The first-order chi connectivity index (χ1) is 11.0. The Labute approximate surface area is 151 Å². The molecule has 2 unspecified atom stereocenters. The Morgan fingerprint density at radius 1 is 0.750 bits per heavy atom. The van der Waals surface area contributed by atoms with Gasteiger partial charge < -0.3 is 19.8 Å². The molecule has 2 atom stereocenters. The Bertz CT molecular complexity index is 354. The number of hydrogen-bond donors (Lipinski definition) is 0. The second-order valence-electron chi connectivity index (χ2n) is 4.57. The van der Waals surface area contributed by atoms with Crippen molar-refractivity contribution in [2.75, 3.05) is 0 Å². The molecule has 0 aromatic heterocycles. The number of hydrogen-bond acceptors (Lipinski definition) is 8. The van der Waals surface area contributed by atoms with E-state index in [0.717, 1.165) is 0 Å². The van der Waals surface area contributed by atoms with Crippen LogP contribution in [0.3, 0.4) is 0 Å². The van der Waals surface area contributed by atoms with E-state index in [1.165, 1.54) is 20.3 Å². The summed E-state index contributed by atoms with van der Waals surface area (Å²) in [7, 11) is 0. The van der Waals surface area contributed by atoms with Gasteiger partial charge in [0.15, 0.2) is 0 Å². The van der Waals surface area contributed by atoms with E-state index in [9.17, 15) is 29.4 Å². The van der Waals surface area contributed by atoms with Crippen LogP contribution in [0.25, 0.3) is 0 Å². The number of rotatable bonds is 6.